The van der Waals surface area contributed by atoms with Crippen molar-refractivity contribution in [1.29, 1.82) is 5.26 Å². The molecule has 1 amide bonds. The van der Waals surface area contributed by atoms with Crippen LogP contribution in [0.5, 0.6) is 5.75 Å². The van der Waals surface area contributed by atoms with Crippen LogP contribution in [0.25, 0.3) is 0 Å². The van der Waals surface area contributed by atoms with E-state index in [0.717, 1.165) is 4.47 Å². The SMILES string of the molecule is CN(CCC#N)C(=O)COc1ccccc1Br. The number of benzene rings is 1. The fourth-order valence-electron chi connectivity index (χ4n) is 1.15. The average molecular weight is 297 g/mol. The third-order valence-electron chi connectivity index (χ3n) is 2.17. The van der Waals surface area contributed by atoms with Crippen LogP contribution >= 0.6 is 15.9 Å². The van der Waals surface area contributed by atoms with E-state index in [0.29, 0.717) is 18.7 Å². The molecule has 4 nitrogen and oxygen atoms in total. The van der Waals surface area contributed by atoms with Gasteiger partial charge in [0, 0.05) is 13.6 Å². The lowest BCUT2D eigenvalue weighted by atomic mass is 10.3. The van der Waals surface area contributed by atoms with Crippen LogP contribution in [-0.2, 0) is 4.79 Å². The van der Waals surface area contributed by atoms with Crippen molar-refractivity contribution in [3.05, 3.63) is 28.7 Å². The molecule has 0 saturated heterocycles. The monoisotopic (exact) mass is 296 g/mol. The van der Waals surface area contributed by atoms with E-state index >= 15 is 0 Å². The second-order valence-corrected chi connectivity index (χ2v) is 4.30. The van der Waals surface area contributed by atoms with Gasteiger partial charge in [0.05, 0.1) is 17.0 Å². The minimum Gasteiger partial charge on any atom is -0.483 e. The van der Waals surface area contributed by atoms with E-state index in [1.165, 1.54) is 4.90 Å². The molecule has 1 aromatic rings. The van der Waals surface area contributed by atoms with Gasteiger partial charge < -0.3 is 9.64 Å². The Labute approximate surface area is 109 Å². The first-order valence-corrected chi connectivity index (χ1v) is 5.92. The predicted octanol–water partition coefficient (Wildman–Crippen LogP) is 2.20. The van der Waals surface area contributed by atoms with Crippen molar-refractivity contribution in [3.8, 4) is 11.8 Å². The highest BCUT2D eigenvalue weighted by atomic mass is 79.9. The molecule has 0 N–H and O–H groups in total. The van der Waals surface area contributed by atoms with Gasteiger partial charge in [0.25, 0.3) is 5.91 Å². The molecule has 0 fully saturated rings. The van der Waals surface area contributed by atoms with E-state index in [2.05, 4.69) is 15.9 Å². The number of carbonyl (C=O) groups excluding carboxylic acids is 1. The first-order valence-electron chi connectivity index (χ1n) is 5.13. The zero-order valence-corrected chi connectivity index (χ0v) is 11.1. The van der Waals surface area contributed by atoms with E-state index in [9.17, 15) is 4.79 Å². The number of amides is 1. The average Bonchev–Trinajstić information content (AvgIpc) is 2.34. The number of rotatable bonds is 5. The van der Waals surface area contributed by atoms with Crippen molar-refractivity contribution in [3.63, 3.8) is 0 Å². The molecule has 0 bridgehead atoms. The summed E-state index contributed by atoms with van der Waals surface area (Å²) in [6.45, 7) is 0.402. The van der Waals surface area contributed by atoms with E-state index < -0.39 is 0 Å². The van der Waals surface area contributed by atoms with Gasteiger partial charge in [0.2, 0.25) is 0 Å². The van der Waals surface area contributed by atoms with Crippen molar-refractivity contribution in [2.75, 3.05) is 20.2 Å². The van der Waals surface area contributed by atoms with E-state index in [1.807, 2.05) is 24.3 Å². The highest BCUT2D eigenvalue weighted by Gasteiger charge is 2.09. The third-order valence-corrected chi connectivity index (χ3v) is 2.83. The maximum Gasteiger partial charge on any atom is 0.260 e. The second-order valence-electron chi connectivity index (χ2n) is 3.44. The van der Waals surface area contributed by atoms with Gasteiger partial charge in [-0.3, -0.25) is 4.79 Å². The second kappa shape index (κ2) is 6.92. The molecule has 0 spiro atoms. The molecule has 1 aromatic carbocycles. The number of nitrogens with zero attached hydrogens (tertiary/aromatic N) is 2. The lowest BCUT2D eigenvalue weighted by Crippen LogP contribution is -2.32. The largest absolute Gasteiger partial charge is 0.483 e. The van der Waals surface area contributed by atoms with Crippen LogP contribution in [0.15, 0.2) is 28.7 Å². The summed E-state index contributed by atoms with van der Waals surface area (Å²) in [5, 5.41) is 8.42. The van der Waals surface area contributed by atoms with Crippen molar-refractivity contribution in [1.82, 2.24) is 4.90 Å². The van der Waals surface area contributed by atoms with Gasteiger partial charge in [-0.2, -0.15) is 5.26 Å². The van der Waals surface area contributed by atoms with E-state index in [4.69, 9.17) is 10.00 Å². The predicted molar refractivity (Wildman–Crippen MR) is 67.5 cm³/mol. The molecule has 0 aliphatic rings. The van der Waals surface area contributed by atoms with Gasteiger partial charge in [-0.15, -0.1) is 0 Å². The summed E-state index contributed by atoms with van der Waals surface area (Å²) in [5.74, 6) is 0.491. The number of nitriles is 1. The Morgan fingerprint density at radius 2 is 2.24 bits per heavy atom. The Bertz CT molecular complexity index is 429. The van der Waals surface area contributed by atoms with Gasteiger partial charge in [-0.25, -0.2) is 0 Å². The van der Waals surface area contributed by atoms with Crippen LogP contribution < -0.4 is 4.74 Å². The van der Waals surface area contributed by atoms with Gasteiger partial charge in [0.1, 0.15) is 5.75 Å². The zero-order chi connectivity index (χ0) is 12.7. The van der Waals surface area contributed by atoms with Crippen LogP contribution in [0.1, 0.15) is 6.42 Å². The number of carbonyl (C=O) groups is 1. The molecule has 0 aromatic heterocycles. The number of para-hydroxylation sites is 1. The van der Waals surface area contributed by atoms with Crippen molar-refractivity contribution < 1.29 is 9.53 Å². The topological polar surface area (TPSA) is 53.3 Å². The molecule has 5 heteroatoms. The Balaban J connectivity index is 2.43. The minimum atomic E-state index is -0.143. The van der Waals surface area contributed by atoms with Crippen molar-refractivity contribution in [2.24, 2.45) is 0 Å². The molecule has 0 aliphatic carbocycles. The summed E-state index contributed by atoms with van der Waals surface area (Å²) in [4.78, 5) is 13.1. The molecule has 1 rings (SSSR count). The maximum absolute atomic E-state index is 11.6. The highest BCUT2D eigenvalue weighted by Crippen LogP contribution is 2.23. The Morgan fingerprint density at radius 3 is 2.88 bits per heavy atom. The van der Waals surface area contributed by atoms with Crippen molar-refractivity contribution in [2.45, 2.75) is 6.42 Å². The summed E-state index contributed by atoms with van der Waals surface area (Å²) in [7, 11) is 1.66. The first kappa shape index (κ1) is 13.5. The number of likely N-dealkylation sites (N-methyl/N-ethyl adjacent to an activating group) is 1. The molecule has 17 heavy (non-hydrogen) atoms. The number of ether oxygens (including phenoxy) is 1. The molecule has 0 heterocycles. The van der Waals surface area contributed by atoms with Gasteiger partial charge in [-0.05, 0) is 28.1 Å². The summed E-state index contributed by atoms with van der Waals surface area (Å²) < 4.78 is 6.19. The fourth-order valence-corrected chi connectivity index (χ4v) is 1.55. The number of hydrogen-bond donors (Lipinski definition) is 0. The Kier molecular flexibility index (Phi) is 5.50. The molecule has 0 saturated carbocycles. The lowest BCUT2D eigenvalue weighted by Gasteiger charge is -2.16. The molecule has 90 valence electrons. The highest BCUT2D eigenvalue weighted by molar-refractivity contribution is 9.10. The molecule has 0 atom stereocenters. The first-order chi connectivity index (χ1) is 8.15. The maximum atomic E-state index is 11.6. The van der Waals surface area contributed by atoms with Gasteiger partial charge in [-0.1, -0.05) is 12.1 Å². The van der Waals surface area contributed by atoms with Crippen LogP contribution in [0.4, 0.5) is 0 Å². The summed E-state index contributed by atoms with van der Waals surface area (Å²) in [6.07, 6.45) is 0.331. The quantitative estimate of drug-likeness (QED) is 0.837. The zero-order valence-electron chi connectivity index (χ0n) is 9.52. The minimum absolute atomic E-state index is 0.0233. The lowest BCUT2D eigenvalue weighted by molar-refractivity contribution is -0.132. The van der Waals surface area contributed by atoms with Gasteiger partial charge in [0.15, 0.2) is 6.61 Å². The standard InChI is InChI=1S/C12H13BrN2O2/c1-15(8-4-7-14)12(16)9-17-11-6-3-2-5-10(11)13/h2-3,5-6H,4,8-9H2,1H3. The molecular formula is C12H13BrN2O2. The van der Waals surface area contributed by atoms with Crippen LogP contribution in [-0.4, -0.2) is 31.0 Å². The molecular weight excluding hydrogens is 284 g/mol. The van der Waals surface area contributed by atoms with E-state index in [1.54, 1.807) is 13.1 Å². The van der Waals surface area contributed by atoms with Crippen LogP contribution in [0, 0.1) is 11.3 Å². The van der Waals surface area contributed by atoms with E-state index in [-0.39, 0.29) is 12.5 Å². The summed E-state index contributed by atoms with van der Waals surface area (Å²) in [5.41, 5.74) is 0. The Hall–Kier alpha value is -1.54. The number of hydrogen-bond acceptors (Lipinski definition) is 3. The van der Waals surface area contributed by atoms with Crippen LogP contribution in [0.2, 0.25) is 0 Å². The Morgan fingerprint density at radius 1 is 1.53 bits per heavy atom. The van der Waals surface area contributed by atoms with Crippen LogP contribution in [0.3, 0.4) is 0 Å². The fraction of sp³-hybridized carbons (Fsp3) is 0.333. The number of halogens is 1. The summed E-state index contributed by atoms with van der Waals surface area (Å²) >= 11 is 3.33. The molecule has 0 radical (unpaired) electrons. The molecule has 0 unspecified atom stereocenters. The third kappa shape index (κ3) is 4.45. The molecule has 0 aliphatic heterocycles. The summed E-state index contributed by atoms with van der Waals surface area (Å²) in [6, 6.07) is 9.34. The van der Waals surface area contributed by atoms with Crippen molar-refractivity contribution >= 4 is 21.8 Å². The van der Waals surface area contributed by atoms with Gasteiger partial charge >= 0.3 is 0 Å². The smallest absolute Gasteiger partial charge is 0.260 e. The normalized spacial score (nSPS) is 9.47.